The SMILES string of the molecule is CCCNC(c1cncc(OC(C)C)c1)C(CCC)OC. The number of rotatable bonds is 10. The van der Waals surface area contributed by atoms with Gasteiger partial charge in [0.25, 0.3) is 0 Å². The number of hydrogen-bond acceptors (Lipinski definition) is 4. The van der Waals surface area contributed by atoms with E-state index in [4.69, 9.17) is 9.47 Å². The van der Waals surface area contributed by atoms with Crippen LogP contribution in [0.15, 0.2) is 18.5 Å². The summed E-state index contributed by atoms with van der Waals surface area (Å²) < 4.78 is 11.4. The minimum atomic E-state index is 0.151. The second kappa shape index (κ2) is 9.74. The minimum absolute atomic E-state index is 0.151. The molecule has 1 N–H and O–H groups in total. The fraction of sp³-hybridized carbons (Fsp3) is 0.706. The molecule has 1 heterocycles. The lowest BCUT2D eigenvalue weighted by molar-refractivity contribution is 0.0604. The van der Waals surface area contributed by atoms with Crippen molar-refractivity contribution in [1.29, 1.82) is 0 Å². The van der Waals surface area contributed by atoms with Crippen LogP contribution in [0.25, 0.3) is 0 Å². The first-order valence-corrected chi connectivity index (χ1v) is 8.00. The molecule has 0 amide bonds. The zero-order valence-electron chi connectivity index (χ0n) is 14.1. The third-order valence-corrected chi connectivity index (χ3v) is 3.33. The quantitative estimate of drug-likeness (QED) is 0.714. The number of nitrogens with zero attached hydrogens (tertiary/aromatic N) is 1. The Labute approximate surface area is 129 Å². The average molecular weight is 294 g/mol. The molecule has 1 rings (SSSR count). The molecule has 0 saturated heterocycles. The molecule has 0 aliphatic carbocycles. The summed E-state index contributed by atoms with van der Waals surface area (Å²) in [6, 6.07) is 2.22. The van der Waals surface area contributed by atoms with Gasteiger partial charge in [-0.1, -0.05) is 20.3 Å². The molecule has 21 heavy (non-hydrogen) atoms. The maximum Gasteiger partial charge on any atom is 0.138 e. The Balaban J connectivity index is 2.95. The lowest BCUT2D eigenvalue weighted by atomic mass is 9.99. The van der Waals surface area contributed by atoms with Gasteiger partial charge in [0.1, 0.15) is 5.75 Å². The van der Waals surface area contributed by atoms with Gasteiger partial charge in [0, 0.05) is 13.3 Å². The molecular formula is C17H30N2O2. The van der Waals surface area contributed by atoms with Gasteiger partial charge in [0.05, 0.1) is 24.4 Å². The molecule has 1 aromatic heterocycles. The van der Waals surface area contributed by atoms with Crippen LogP contribution in [-0.4, -0.2) is 30.8 Å². The van der Waals surface area contributed by atoms with E-state index in [9.17, 15) is 0 Å². The van der Waals surface area contributed by atoms with Crippen molar-refractivity contribution in [3.8, 4) is 5.75 Å². The van der Waals surface area contributed by atoms with Crippen LogP contribution in [0.5, 0.6) is 5.75 Å². The molecule has 2 atom stereocenters. The molecule has 2 unspecified atom stereocenters. The first-order chi connectivity index (χ1) is 10.1. The van der Waals surface area contributed by atoms with E-state index in [-0.39, 0.29) is 18.2 Å². The van der Waals surface area contributed by atoms with E-state index in [2.05, 4.69) is 30.2 Å². The topological polar surface area (TPSA) is 43.4 Å². The van der Waals surface area contributed by atoms with Gasteiger partial charge in [-0.3, -0.25) is 4.98 Å². The van der Waals surface area contributed by atoms with Crippen LogP contribution in [0.2, 0.25) is 0 Å². The summed E-state index contributed by atoms with van der Waals surface area (Å²) in [5, 5.41) is 3.58. The standard InChI is InChI=1S/C17H30N2O2/c1-6-8-16(20-5)17(19-9-7-2)14-10-15(12-18-11-14)21-13(3)4/h10-13,16-17,19H,6-9H2,1-5H3. The van der Waals surface area contributed by atoms with Gasteiger partial charge in [-0.05, 0) is 44.9 Å². The van der Waals surface area contributed by atoms with Crippen LogP contribution >= 0.6 is 0 Å². The number of ether oxygens (including phenoxy) is 2. The zero-order chi connectivity index (χ0) is 15.7. The predicted molar refractivity (Wildman–Crippen MR) is 86.7 cm³/mol. The van der Waals surface area contributed by atoms with Crippen LogP contribution in [-0.2, 0) is 4.74 Å². The summed E-state index contributed by atoms with van der Waals surface area (Å²) in [6.07, 6.45) is 7.18. The van der Waals surface area contributed by atoms with E-state index >= 15 is 0 Å². The summed E-state index contributed by atoms with van der Waals surface area (Å²) in [5.41, 5.74) is 1.13. The van der Waals surface area contributed by atoms with Crippen molar-refractivity contribution >= 4 is 0 Å². The first-order valence-electron chi connectivity index (χ1n) is 8.00. The number of pyridine rings is 1. The van der Waals surface area contributed by atoms with Gasteiger partial charge >= 0.3 is 0 Å². The highest BCUT2D eigenvalue weighted by Crippen LogP contribution is 2.25. The van der Waals surface area contributed by atoms with Crippen molar-refractivity contribution in [2.24, 2.45) is 0 Å². The highest BCUT2D eigenvalue weighted by atomic mass is 16.5. The van der Waals surface area contributed by atoms with E-state index in [1.165, 1.54) is 0 Å². The highest BCUT2D eigenvalue weighted by molar-refractivity contribution is 5.27. The van der Waals surface area contributed by atoms with Crippen LogP contribution in [0, 0.1) is 0 Å². The Kier molecular flexibility index (Phi) is 8.31. The Bertz CT molecular complexity index is 396. The highest BCUT2D eigenvalue weighted by Gasteiger charge is 2.22. The zero-order valence-corrected chi connectivity index (χ0v) is 14.1. The normalized spacial score (nSPS) is 14.2. The van der Waals surface area contributed by atoms with Crippen LogP contribution < -0.4 is 10.1 Å². The number of nitrogens with one attached hydrogen (secondary N) is 1. The van der Waals surface area contributed by atoms with Crippen molar-refractivity contribution in [3.05, 3.63) is 24.0 Å². The Hall–Kier alpha value is -1.13. The van der Waals surface area contributed by atoms with Crippen LogP contribution in [0.3, 0.4) is 0 Å². The van der Waals surface area contributed by atoms with E-state index in [0.717, 1.165) is 37.1 Å². The van der Waals surface area contributed by atoms with Gasteiger partial charge in [-0.2, -0.15) is 0 Å². The number of aromatic nitrogens is 1. The molecule has 0 spiro atoms. The number of methoxy groups -OCH3 is 1. The molecule has 0 fully saturated rings. The van der Waals surface area contributed by atoms with Crippen molar-refractivity contribution in [1.82, 2.24) is 10.3 Å². The molecule has 1 aromatic rings. The summed E-state index contributed by atoms with van der Waals surface area (Å²) in [5.74, 6) is 0.817. The maximum absolute atomic E-state index is 5.75. The largest absolute Gasteiger partial charge is 0.489 e. The first kappa shape index (κ1) is 17.9. The van der Waals surface area contributed by atoms with Gasteiger partial charge < -0.3 is 14.8 Å². The minimum Gasteiger partial charge on any atom is -0.489 e. The molecule has 0 aliphatic heterocycles. The Morgan fingerprint density at radius 3 is 2.52 bits per heavy atom. The second-order valence-electron chi connectivity index (χ2n) is 5.62. The van der Waals surface area contributed by atoms with E-state index in [0.29, 0.717) is 0 Å². The number of hydrogen-bond donors (Lipinski definition) is 1. The smallest absolute Gasteiger partial charge is 0.138 e. The second-order valence-corrected chi connectivity index (χ2v) is 5.62. The fourth-order valence-corrected chi connectivity index (χ4v) is 2.41. The van der Waals surface area contributed by atoms with Gasteiger partial charge in [-0.15, -0.1) is 0 Å². The summed E-state index contributed by atoms with van der Waals surface area (Å²) in [6.45, 7) is 9.36. The molecule has 0 radical (unpaired) electrons. The van der Waals surface area contributed by atoms with Gasteiger partial charge in [0.15, 0.2) is 0 Å². The predicted octanol–water partition coefficient (Wildman–Crippen LogP) is 3.72. The summed E-state index contributed by atoms with van der Waals surface area (Å²) in [4.78, 5) is 4.32. The molecule has 4 nitrogen and oxygen atoms in total. The molecule has 120 valence electrons. The van der Waals surface area contributed by atoms with Crippen LogP contribution in [0.4, 0.5) is 0 Å². The van der Waals surface area contributed by atoms with Gasteiger partial charge in [-0.25, -0.2) is 0 Å². The average Bonchev–Trinajstić information content (AvgIpc) is 2.46. The van der Waals surface area contributed by atoms with E-state index in [1.54, 1.807) is 13.3 Å². The van der Waals surface area contributed by atoms with Crippen molar-refractivity contribution < 1.29 is 9.47 Å². The monoisotopic (exact) mass is 294 g/mol. The summed E-state index contributed by atoms with van der Waals surface area (Å²) >= 11 is 0. The third-order valence-electron chi connectivity index (χ3n) is 3.33. The fourth-order valence-electron chi connectivity index (χ4n) is 2.41. The van der Waals surface area contributed by atoms with Gasteiger partial charge in [0.2, 0.25) is 0 Å². The van der Waals surface area contributed by atoms with Crippen molar-refractivity contribution in [3.63, 3.8) is 0 Å². The molecule has 0 aromatic carbocycles. The van der Waals surface area contributed by atoms with Crippen molar-refractivity contribution in [2.45, 2.75) is 65.2 Å². The molecule has 0 bridgehead atoms. The lowest BCUT2D eigenvalue weighted by Gasteiger charge is -2.27. The van der Waals surface area contributed by atoms with Crippen molar-refractivity contribution in [2.75, 3.05) is 13.7 Å². The van der Waals surface area contributed by atoms with Crippen LogP contribution in [0.1, 0.15) is 58.6 Å². The summed E-state index contributed by atoms with van der Waals surface area (Å²) in [7, 11) is 1.78. The Morgan fingerprint density at radius 2 is 1.95 bits per heavy atom. The molecular weight excluding hydrogens is 264 g/mol. The van der Waals surface area contributed by atoms with E-state index < -0.39 is 0 Å². The van der Waals surface area contributed by atoms with E-state index in [1.807, 2.05) is 20.0 Å². The molecule has 4 heteroatoms. The third kappa shape index (κ3) is 6.02. The molecule has 0 aliphatic rings. The maximum atomic E-state index is 5.75. The molecule has 0 saturated carbocycles. The Morgan fingerprint density at radius 1 is 1.19 bits per heavy atom. The lowest BCUT2D eigenvalue weighted by Crippen LogP contribution is -2.34.